The summed E-state index contributed by atoms with van der Waals surface area (Å²) in [6, 6.07) is 0. The quantitative estimate of drug-likeness (QED) is 0.232. The van der Waals surface area contributed by atoms with E-state index in [1.165, 1.54) is 0 Å². The van der Waals surface area contributed by atoms with Gasteiger partial charge in [-0.1, -0.05) is 0 Å². The number of methoxy groups -OCH3 is 1. The number of hydrogen-bond donors (Lipinski definition) is 2. The maximum Gasteiger partial charge on any atom is 0.163 e. The Kier molecular flexibility index (Phi) is 4.65. The summed E-state index contributed by atoms with van der Waals surface area (Å²) in [6.45, 7) is 2.95. The van der Waals surface area contributed by atoms with Crippen molar-refractivity contribution in [3.63, 3.8) is 0 Å². The minimum absolute atomic E-state index is 0.513. The van der Waals surface area contributed by atoms with Gasteiger partial charge in [-0.3, -0.25) is 9.98 Å². The van der Waals surface area contributed by atoms with Crippen LogP contribution in [0.4, 0.5) is 0 Å². The molecule has 0 aliphatic rings. The smallest absolute Gasteiger partial charge is 0.163 e. The van der Waals surface area contributed by atoms with Crippen LogP contribution in [-0.2, 0) is 4.74 Å². The maximum atomic E-state index is 5.34. The lowest BCUT2D eigenvalue weighted by molar-refractivity contribution is 0.208. The second-order valence-electron chi connectivity index (χ2n) is 2.91. The molecule has 0 aliphatic carbocycles. The Labute approximate surface area is 88.6 Å². The summed E-state index contributed by atoms with van der Waals surface area (Å²) in [4.78, 5) is 12.4. The Morgan fingerprint density at radius 2 is 2.33 bits per heavy atom. The van der Waals surface area contributed by atoms with E-state index in [0.29, 0.717) is 24.7 Å². The predicted molar refractivity (Wildman–Crippen MR) is 57.4 cm³/mol. The largest absolute Gasteiger partial charge is 0.383 e. The first kappa shape index (κ1) is 11.5. The predicted octanol–water partition coefficient (Wildman–Crippen LogP) is -0.359. The lowest BCUT2D eigenvalue weighted by Crippen LogP contribution is -2.32. The van der Waals surface area contributed by atoms with E-state index in [1.807, 2.05) is 6.92 Å². The van der Waals surface area contributed by atoms with Gasteiger partial charge >= 0.3 is 0 Å². The Bertz CT molecular complexity index is 322. The van der Waals surface area contributed by atoms with Crippen LogP contribution in [0.5, 0.6) is 0 Å². The number of nitrogens with two attached hydrogens (primary N) is 1. The van der Waals surface area contributed by atoms with E-state index in [1.54, 1.807) is 19.5 Å². The van der Waals surface area contributed by atoms with Gasteiger partial charge in [0.25, 0.3) is 0 Å². The summed E-state index contributed by atoms with van der Waals surface area (Å²) in [5, 5.41) is 0. The third-order valence-corrected chi connectivity index (χ3v) is 1.73. The molecule has 1 aromatic rings. The topological polar surface area (TPSA) is 85.4 Å². The molecule has 1 rings (SSSR count). The van der Waals surface area contributed by atoms with Crippen molar-refractivity contribution in [2.24, 2.45) is 10.8 Å². The van der Waals surface area contributed by atoms with Crippen molar-refractivity contribution in [1.29, 1.82) is 0 Å². The maximum absolute atomic E-state index is 5.34. The number of aliphatic imine (C=N–C) groups is 1. The third-order valence-electron chi connectivity index (χ3n) is 1.73. The van der Waals surface area contributed by atoms with Gasteiger partial charge in [0.05, 0.1) is 25.0 Å². The van der Waals surface area contributed by atoms with Crippen LogP contribution < -0.4 is 11.3 Å². The summed E-state index contributed by atoms with van der Waals surface area (Å²) < 4.78 is 4.88. The fraction of sp³-hybridized carbons (Fsp3) is 0.444. The molecule has 6 heteroatoms. The normalized spacial score (nSPS) is 11.5. The highest BCUT2D eigenvalue weighted by Crippen LogP contribution is 1.94. The number of aryl methyl sites for hydroxylation is 1. The van der Waals surface area contributed by atoms with Crippen LogP contribution >= 0.6 is 0 Å². The SMILES string of the molecule is COCCN=C(NN)c1cnc(C)cn1. The Morgan fingerprint density at radius 3 is 2.87 bits per heavy atom. The summed E-state index contributed by atoms with van der Waals surface area (Å²) >= 11 is 0. The molecule has 0 amide bonds. The number of hydrogen-bond acceptors (Lipinski definition) is 5. The van der Waals surface area contributed by atoms with Gasteiger partial charge in [0.15, 0.2) is 5.84 Å². The summed E-state index contributed by atoms with van der Waals surface area (Å²) in [5.74, 6) is 5.85. The molecule has 0 saturated carbocycles. The molecule has 0 spiro atoms. The summed E-state index contributed by atoms with van der Waals surface area (Å²) in [6.07, 6.45) is 3.29. The first-order valence-electron chi connectivity index (χ1n) is 4.57. The molecular formula is C9H15N5O. The standard InChI is InChI=1S/C9H15N5O/c1-7-5-13-8(6-12-7)9(14-10)11-3-4-15-2/h5-6H,3-4,10H2,1-2H3,(H,11,14). The molecule has 0 saturated heterocycles. The highest BCUT2D eigenvalue weighted by molar-refractivity contribution is 5.96. The number of nitrogens with zero attached hydrogens (tertiary/aromatic N) is 3. The number of aromatic nitrogens is 2. The number of amidine groups is 1. The van der Waals surface area contributed by atoms with Gasteiger partial charge in [0.1, 0.15) is 5.69 Å². The molecule has 1 heterocycles. The van der Waals surface area contributed by atoms with Gasteiger partial charge in [-0.2, -0.15) is 0 Å². The van der Waals surface area contributed by atoms with E-state index in [4.69, 9.17) is 10.6 Å². The second kappa shape index (κ2) is 6.05. The van der Waals surface area contributed by atoms with E-state index in [9.17, 15) is 0 Å². The number of nitrogens with one attached hydrogen (secondary N) is 1. The lowest BCUT2D eigenvalue weighted by atomic mass is 10.4. The Hall–Kier alpha value is -1.53. The molecule has 0 radical (unpaired) electrons. The van der Waals surface area contributed by atoms with Crippen LogP contribution in [0.3, 0.4) is 0 Å². The number of ether oxygens (including phenoxy) is 1. The van der Waals surface area contributed by atoms with Crippen LogP contribution in [0.2, 0.25) is 0 Å². The van der Waals surface area contributed by atoms with E-state index in [-0.39, 0.29) is 0 Å². The molecule has 3 N–H and O–H groups in total. The van der Waals surface area contributed by atoms with Crippen molar-refractivity contribution in [3.8, 4) is 0 Å². The van der Waals surface area contributed by atoms with Gasteiger partial charge in [0.2, 0.25) is 0 Å². The highest BCUT2D eigenvalue weighted by atomic mass is 16.5. The molecule has 0 unspecified atom stereocenters. The zero-order chi connectivity index (χ0) is 11.1. The van der Waals surface area contributed by atoms with Crippen LogP contribution in [0.25, 0.3) is 0 Å². The minimum atomic E-state index is 0.513. The van der Waals surface area contributed by atoms with Crippen molar-refractivity contribution < 1.29 is 4.74 Å². The third kappa shape index (κ3) is 3.61. The van der Waals surface area contributed by atoms with Gasteiger partial charge in [-0.15, -0.1) is 0 Å². The zero-order valence-corrected chi connectivity index (χ0v) is 8.90. The molecule has 0 bridgehead atoms. The highest BCUT2D eigenvalue weighted by Gasteiger charge is 2.02. The monoisotopic (exact) mass is 209 g/mol. The molecule has 6 nitrogen and oxygen atoms in total. The number of rotatable bonds is 4. The van der Waals surface area contributed by atoms with E-state index in [2.05, 4.69) is 20.4 Å². The minimum Gasteiger partial charge on any atom is -0.383 e. The first-order valence-corrected chi connectivity index (χ1v) is 4.57. The molecule has 15 heavy (non-hydrogen) atoms. The molecular weight excluding hydrogens is 194 g/mol. The van der Waals surface area contributed by atoms with Crippen molar-refractivity contribution in [3.05, 3.63) is 23.8 Å². The van der Waals surface area contributed by atoms with Gasteiger partial charge < -0.3 is 10.2 Å². The van der Waals surface area contributed by atoms with Crippen LogP contribution in [-0.4, -0.2) is 36.1 Å². The molecule has 0 aliphatic heterocycles. The van der Waals surface area contributed by atoms with Crippen LogP contribution in [0, 0.1) is 6.92 Å². The second-order valence-corrected chi connectivity index (χ2v) is 2.91. The van der Waals surface area contributed by atoms with E-state index >= 15 is 0 Å². The molecule has 0 aromatic carbocycles. The Morgan fingerprint density at radius 1 is 1.53 bits per heavy atom. The van der Waals surface area contributed by atoms with Crippen LogP contribution in [0.1, 0.15) is 11.4 Å². The van der Waals surface area contributed by atoms with Gasteiger partial charge in [-0.05, 0) is 6.92 Å². The summed E-state index contributed by atoms with van der Waals surface area (Å²) in [5.41, 5.74) is 3.97. The lowest BCUT2D eigenvalue weighted by Gasteiger charge is -2.04. The zero-order valence-electron chi connectivity index (χ0n) is 8.90. The fourth-order valence-corrected chi connectivity index (χ4v) is 0.964. The van der Waals surface area contributed by atoms with Crippen molar-refractivity contribution in [2.75, 3.05) is 20.3 Å². The van der Waals surface area contributed by atoms with Crippen molar-refractivity contribution in [1.82, 2.24) is 15.4 Å². The number of hydrazine groups is 1. The summed E-state index contributed by atoms with van der Waals surface area (Å²) in [7, 11) is 1.62. The fourth-order valence-electron chi connectivity index (χ4n) is 0.964. The van der Waals surface area contributed by atoms with E-state index < -0.39 is 0 Å². The first-order chi connectivity index (χ1) is 7.27. The Balaban J connectivity index is 2.73. The van der Waals surface area contributed by atoms with Crippen molar-refractivity contribution >= 4 is 5.84 Å². The average molecular weight is 209 g/mol. The van der Waals surface area contributed by atoms with Gasteiger partial charge in [0, 0.05) is 13.3 Å². The van der Waals surface area contributed by atoms with Crippen LogP contribution in [0.15, 0.2) is 17.4 Å². The molecule has 0 atom stereocenters. The molecule has 0 fully saturated rings. The van der Waals surface area contributed by atoms with E-state index in [0.717, 1.165) is 5.69 Å². The average Bonchev–Trinajstić information content (AvgIpc) is 2.26. The van der Waals surface area contributed by atoms with Gasteiger partial charge in [-0.25, -0.2) is 10.8 Å². The molecule has 82 valence electrons. The molecule has 1 aromatic heterocycles. The van der Waals surface area contributed by atoms with Crippen molar-refractivity contribution in [2.45, 2.75) is 6.92 Å².